The van der Waals surface area contributed by atoms with Gasteiger partial charge in [-0.2, -0.15) is 5.10 Å². The summed E-state index contributed by atoms with van der Waals surface area (Å²) >= 11 is 5.74. The number of nitrogen functional groups attached to an aromatic ring is 1. The van der Waals surface area contributed by atoms with Gasteiger partial charge in [0.05, 0.1) is 11.9 Å². The van der Waals surface area contributed by atoms with Gasteiger partial charge in [-0.05, 0) is 18.2 Å². The van der Waals surface area contributed by atoms with Gasteiger partial charge in [-0.25, -0.2) is 13.1 Å². The van der Waals surface area contributed by atoms with Gasteiger partial charge in [0.2, 0.25) is 10.0 Å². The second-order valence-electron chi connectivity index (χ2n) is 4.03. The molecule has 0 radical (unpaired) electrons. The summed E-state index contributed by atoms with van der Waals surface area (Å²) < 4.78 is 28.2. The fraction of sp³-hybridized carbons (Fsp3) is 0.182. The Kier molecular flexibility index (Phi) is 3.79. The van der Waals surface area contributed by atoms with Crippen molar-refractivity contribution in [1.29, 1.82) is 0 Å². The van der Waals surface area contributed by atoms with Gasteiger partial charge < -0.3 is 5.73 Å². The van der Waals surface area contributed by atoms with Crippen molar-refractivity contribution < 1.29 is 8.42 Å². The minimum atomic E-state index is -3.67. The molecule has 0 spiro atoms. The third-order valence-electron chi connectivity index (χ3n) is 2.49. The van der Waals surface area contributed by atoms with E-state index in [1.54, 1.807) is 24.1 Å². The van der Waals surface area contributed by atoms with E-state index >= 15 is 0 Å². The van der Waals surface area contributed by atoms with Crippen LogP contribution in [0.15, 0.2) is 35.5 Å². The van der Waals surface area contributed by atoms with Gasteiger partial charge in [-0.3, -0.25) is 4.68 Å². The average molecular weight is 301 g/mol. The van der Waals surface area contributed by atoms with Crippen molar-refractivity contribution in [3.05, 3.63) is 41.2 Å². The molecule has 0 aliphatic carbocycles. The zero-order valence-electron chi connectivity index (χ0n) is 10.2. The number of aryl methyl sites for hydroxylation is 1. The zero-order chi connectivity index (χ0) is 14.0. The molecule has 2 aromatic rings. The molecule has 0 amide bonds. The van der Waals surface area contributed by atoms with Crippen molar-refractivity contribution in [1.82, 2.24) is 14.5 Å². The normalized spacial score (nSPS) is 11.7. The van der Waals surface area contributed by atoms with Gasteiger partial charge >= 0.3 is 0 Å². The van der Waals surface area contributed by atoms with Crippen molar-refractivity contribution in [3.8, 4) is 0 Å². The first kappa shape index (κ1) is 13.9. The van der Waals surface area contributed by atoms with Crippen LogP contribution in [0.5, 0.6) is 0 Å². The number of aromatic nitrogens is 2. The van der Waals surface area contributed by atoms with E-state index < -0.39 is 10.0 Å². The second kappa shape index (κ2) is 5.20. The van der Waals surface area contributed by atoms with Gasteiger partial charge in [-0.15, -0.1) is 0 Å². The van der Waals surface area contributed by atoms with Gasteiger partial charge in [-0.1, -0.05) is 11.6 Å². The van der Waals surface area contributed by atoms with E-state index in [2.05, 4.69) is 9.82 Å². The number of hydrogen-bond acceptors (Lipinski definition) is 4. The Morgan fingerprint density at radius 3 is 2.79 bits per heavy atom. The summed E-state index contributed by atoms with van der Waals surface area (Å²) in [6.07, 6.45) is 3.32. The maximum Gasteiger partial charge on any atom is 0.242 e. The Labute approximate surface area is 116 Å². The van der Waals surface area contributed by atoms with Crippen LogP contribution in [-0.2, 0) is 23.6 Å². The molecule has 19 heavy (non-hydrogen) atoms. The Morgan fingerprint density at radius 1 is 1.47 bits per heavy atom. The summed E-state index contributed by atoms with van der Waals surface area (Å²) in [6.45, 7) is 0.151. The van der Waals surface area contributed by atoms with E-state index in [4.69, 9.17) is 17.3 Å². The van der Waals surface area contributed by atoms with Crippen LogP contribution in [0, 0.1) is 0 Å². The first-order valence-corrected chi connectivity index (χ1v) is 7.27. The van der Waals surface area contributed by atoms with Crippen molar-refractivity contribution in [3.63, 3.8) is 0 Å². The van der Waals surface area contributed by atoms with Crippen molar-refractivity contribution >= 4 is 27.3 Å². The second-order valence-corrected chi connectivity index (χ2v) is 6.20. The Balaban J connectivity index is 2.18. The van der Waals surface area contributed by atoms with E-state index in [1.165, 1.54) is 18.2 Å². The number of rotatable bonds is 4. The quantitative estimate of drug-likeness (QED) is 0.828. The highest BCUT2D eigenvalue weighted by molar-refractivity contribution is 7.89. The van der Waals surface area contributed by atoms with Gasteiger partial charge in [0.15, 0.2) is 0 Å². The van der Waals surface area contributed by atoms with E-state index in [9.17, 15) is 8.42 Å². The van der Waals surface area contributed by atoms with Crippen LogP contribution in [-0.4, -0.2) is 18.2 Å². The summed E-state index contributed by atoms with van der Waals surface area (Å²) in [5.74, 6) is 0. The lowest BCUT2D eigenvalue weighted by Gasteiger charge is -2.08. The molecular formula is C11H13ClN4O2S. The number of anilines is 1. The lowest BCUT2D eigenvalue weighted by atomic mass is 10.3. The summed E-state index contributed by atoms with van der Waals surface area (Å²) in [6, 6.07) is 4.26. The fourth-order valence-electron chi connectivity index (χ4n) is 1.58. The fourth-order valence-corrected chi connectivity index (χ4v) is 2.89. The minimum absolute atomic E-state index is 0.0146. The molecule has 0 unspecified atom stereocenters. The van der Waals surface area contributed by atoms with Crippen LogP contribution in [0.4, 0.5) is 5.69 Å². The molecule has 0 saturated heterocycles. The number of sulfonamides is 1. The zero-order valence-corrected chi connectivity index (χ0v) is 11.7. The molecule has 1 heterocycles. The van der Waals surface area contributed by atoms with Crippen LogP contribution >= 0.6 is 11.6 Å². The van der Waals surface area contributed by atoms with Crippen LogP contribution in [0.2, 0.25) is 5.02 Å². The monoisotopic (exact) mass is 300 g/mol. The topological polar surface area (TPSA) is 90.0 Å². The van der Waals surface area contributed by atoms with Crippen molar-refractivity contribution in [2.75, 3.05) is 5.73 Å². The number of nitrogens with two attached hydrogens (primary N) is 1. The number of halogens is 1. The summed E-state index contributed by atoms with van der Waals surface area (Å²) in [5, 5.41) is 4.35. The molecule has 3 N–H and O–H groups in total. The molecule has 0 aliphatic rings. The smallest absolute Gasteiger partial charge is 0.242 e. The van der Waals surface area contributed by atoms with Gasteiger partial charge in [0, 0.05) is 30.4 Å². The predicted octanol–water partition coefficient (Wildman–Crippen LogP) is 1.13. The molecule has 2 rings (SSSR count). The number of nitrogens with zero attached hydrogens (tertiary/aromatic N) is 2. The van der Waals surface area contributed by atoms with E-state index in [1.807, 2.05) is 0 Å². The van der Waals surface area contributed by atoms with Gasteiger partial charge in [0.25, 0.3) is 0 Å². The maximum atomic E-state index is 12.1. The molecule has 8 heteroatoms. The molecule has 1 aromatic heterocycles. The van der Waals surface area contributed by atoms with Crippen molar-refractivity contribution in [2.24, 2.45) is 7.05 Å². The Bertz CT molecular complexity index is 696. The number of hydrogen-bond donors (Lipinski definition) is 2. The molecule has 0 atom stereocenters. The predicted molar refractivity (Wildman–Crippen MR) is 73.1 cm³/mol. The lowest BCUT2D eigenvalue weighted by Crippen LogP contribution is -2.24. The summed E-state index contributed by atoms with van der Waals surface area (Å²) in [4.78, 5) is 0.0146. The highest BCUT2D eigenvalue weighted by Crippen LogP contribution is 2.22. The van der Waals surface area contributed by atoms with Crippen LogP contribution in [0.1, 0.15) is 5.56 Å². The highest BCUT2D eigenvalue weighted by Gasteiger charge is 2.17. The average Bonchev–Trinajstić information content (AvgIpc) is 2.72. The third kappa shape index (κ3) is 3.25. The molecule has 0 bridgehead atoms. The van der Waals surface area contributed by atoms with Crippen LogP contribution in [0.25, 0.3) is 0 Å². The van der Waals surface area contributed by atoms with Crippen LogP contribution in [0.3, 0.4) is 0 Å². The first-order chi connectivity index (χ1) is 8.88. The Morgan fingerprint density at radius 2 is 2.21 bits per heavy atom. The molecule has 102 valence electrons. The van der Waals surface area contributed by atoms with Crippen LogP contribution < -0.4 is 10.5 Å². The molecule has 0 saturated carbocycles. The molecule has 6 nitrogen and oxygen atoms in total. The molecular weight excluding hydrogens is 288 g/mol. The first-order valence-electron chi connectivity index (χ1n) is 5.41. The van der Waals surface area contributed by atoms with Crippen molar-refractivity contribution in [2.45, 2.75) is 11.4 Å². The number of benzene rings is 1. The standard InChI is InChI=1S/C11H13ClN4O2S/c1-16-7-8(5-14-16)6-15-19(17,18)11-3-2-9(12)4-10(11)13/h2-5,7,15H,6,13H2,1H3. The highest BCUT2D eigenvalue weighted by atomic mass is 35.5. The minimum Gasteiger partial charge on any atom is -0.398 e. The van der Waals surface area contributed by atoms with Gasteiger partial charge in [0.1, 0.15) is 4.90 Å². The summed E-state index contributed by atoms with van der Waals surface area (Å²) in [5.41, 5.74) is 6.54. The SMILES string of the molecule is Cn1cc(CNS(=O)(=O)c2ccc(Cl)cc2N)cn1. The maximum absolute atomic E-state index is 12.1. The molecule has 1 aromatic carbocycles. The third-order valence-corrected chi connectivity index (χ3v) is 4.20. The molecule has 0 fully saturated rings. The van der Waals surface area contributed by atoms with E-state index in [0.717, 1.165) is 5.56 Å². The lowest BCUT2D eigenvalue weighted by molar-refractivity contribution is 0.581. The molecule has 0 aliphatic heterocycles. The number of nitrogens with one attached hydrogen (secondary N) is 1. The summed E-state index contributed by atoms with van der Waals surface area (Å²) in [7, 11) is -1.91. The van der Waals surface area contributed by atoms with E-state index in [-0.39, 0.29) is 17.1 Å². The Hall–Kier alpha value is -1.57. The largest absolute Gasteiger partial charge is 0.398 e. The van der Waals surface area contributed by atoms with E-state index in [0.29, 0.717) is 5.02 Å².